The van der Waals surface area contributed by atoms with Gasteiger partial charge in [-0.15, -0.1) is 5.10 Å². The molecule has 1 aromatic heterocycles. The molecule has 0 bridgehead atoms. The average Bonchev–Trinajstić information content (AvgIpc) is 3.00. The fourth-order valence-corrected chi connectivity index (χ4v) is 2.46. The highest BCUT2D eigenvalue weighted by Gasteiger charge is 2.28. The molecule has 5 heteroatoms. The Balaban J connectivity index is 2.10. The summed E-state index contributed by atoms with van der Waals surface area (Å²) in [6, 6.07) is 0.385. The van der Waals surface area contributed by atoms with Gasteiger partial charge >= 0.3 is 0 Å². The van der Waals surface area contributed by atoms with Gasteiger partial charge in [-0.2, -0.15) is 0 Å². The molecule has 0 unspecified atom stereocenters. The van der Waals surface area contributed by atoms with E-state index in [-0.39, 0.29) is 5.91 Å². The lowest BCUT2D eigenvalue weighted by Crippen LogP contribution is -2.39. The molecule has 1 aliphatic rings. The van der Waals surface area contributed by atoms with E-state index in [1.165, 1.54) is 12.8 Å². The van der Waals surface area contributed by atoms with Gasteiger partial charge in [0, 0.05) is 19.0 Å². The number of nitrogens with zero attached hydrogens (tertiary/aromatic N) is 3. The molecule has 1 saturated carbocycles. The number of amides is 1. The van der Waals surface area contributed by atoms with Crippen molar-refractivity contribution < 1.29 is 4.79 Å². The van der Waals surface area contributed by atoms with E-state index < -0.39 is 0 Å². The molecule has 0 spiro atoms. The van der Waals surface area contributed by atoms with Gasteiger partial charge in [0.25, 0.3) is 5.91 Å². The van der Waals surface area contributed by atoms with Gasteiger partial charge in [0.2, 0.25) is 5.82 Å². The van der Waals surface area contributed by atoms with E-state index in [0.717, 1.165) is 31.6 Å². The molecular formula is C12H20N4O. The molecule has 0 atom stereocenters. The molecule has 1 aromatic rings. The Labute approximate surface area is 102 Å². The molecular weight excluding hydrogens is 216 g/mol. The van der Waals surface area contributed by atoms with E-state index >= 15 is 0 Å². The second kappa shape index (κ2) is 5.29. The highest BCUT2D eigenvalue weighted by atomic mass is 16.2. The molecule has 94 valence electrons. The second-order valence-electron chi connectivity index (χ2n) is 4.49. The van der Waals surface area contributed by atoms with Crippen LogP contribution in [0.15, 0.2) is 0 Å². The lowest BCUT2D eigenvalue weighted by molar-refractivity contribution is 0.0681. The van der Waals surface area contributed by atoms with Crippen LogP contribution >= 0.6 is 0 Å². The van der Waals surface area contributed by atoms with Crippen LogP contribution in [0.3, 0.4) is 0 Å². The largest absolute Gasteiger partial charge is 0.333 e. The van der Waals surface area contributed by atoms with Gasteiger partial charge in [-0.05, 0) is 19.8 Å². The number of aryl methyl sites for hydroxylation is 1. The first kappa shape index (κ1) is 12.1. The maximum absolute atomic E-state index is 12.3. The molecule has 0 aliphatic heterocycles. The minimum atomic E-state index is -0.0321. The van der Waals surface area contributed by atoms with Gasteiger partial charge in [-0.3, -0.25) is 9.89 Å². The number of hydrogen-bond donors (Lipinski definition) is 1. The van der Waals surface area contributed by atoms with Crippen molar-refractivity contribution in [3.05, 3.63) is 11.6 Å². The van der Waals surface area contributed by atoms with Crippen LogP contribution in [0.4, 0.5) is 0 Å². The summed E-state index contributed by atoms with van der Waals surface area (Å²) in [5, 5.41) is 6.80. The Morgan fingerprint density at radius 1 is 1.41 bits per heavy atom. The normalized spacial score (nSPS) is 16.4. The minimum absolute atomic E-state index is 0.0321. The van der Waals surface area contributed by atoms with Gasteiger partial charge in [0.1, 0.15) is 5.82 Å². The number of carbonyl (C=O) groups excluding carboxylic acids is 1. The third-order valence-electron chi connectivity index (χ3n) is 3.42. The second-order valence-corrected chi connectivity index (χ2v) is 4.49. The van der Waals surface area contributed by atoms with Crippen LogP contribution in [-0.2, 0) is 6.42 Å². The Kier molecular flexibility index (Phi) is 3.76. The predicted octanol–water partition coefficient (Wildman–Crippen LogP) is 1.77. The van der Waals surface area contributed by atoms with E-state index in [0.29, 0.717) is 11.9 Å². The van der Waals surface area contributed by atoms with Crippen molar-refractivity contribution in [2.75, 3.05) is 6.54 Å². The zero-order chi connectivity index (χ0) is 12.3. The molecule has 1 fully saturated rings. The maximum atomic E-state index is 12.3. The first-order valence-corrected chi connectivity index (χ1v) is 6.48. The number of hydrogen-bond acceptors (Lipinski definition) is 3. The minimum Gasteiger partial charge on any atom is -0.333 e. The monoisotopic (exact) mass is 236 g/mol. The highest BCUT2D eigenvalue weighted by molar-refractivity contribution is 5.90. The van der Waals surface area contributed by atoms with Gasteiger partial charge in [0.15, 0.2) is 0 Å². The van der Waals surface area contributed by atoms with Gasteiger partial charge < -0.3 is 4.90 Å². The summed E-state index contributed by atoms with van der Waals surface area (Å²) in [5.41, 5.74) is 0. The van der Waals surface area contributed by atoms with Crippen molar-refractivity contribution in [1.29, 1.82) is 0 Å². The Morgan fingerprint density at radius 3 is 2.65 bits per heavy atom. The molecule has 1 aliphatic carbocycles. The van der Waals surface area contributed by atoms with Crippen molar-refractivity contribution >= 4 is 5.91 Å². The fraction of sp³-hybridized carbons (Fsp3) is 0.750. The zero-order valence-corrected chi connectivity index (χ0v) is 10.6. The molecule has 1 N–H and O–H groups in total. The van der Waals surface area contributed by atoms with E-state index in [1.54, 1.807) is 0 Å². The van der Waals surface area contributed by atoms with Crippen molar-refractivity contribution in [3.8, 4) is 0 Å². The number of aromatic nitrogens is 3. The Hall–Kier alpha value is -1.39. The summed E-state index contributed by atoms with van der Waals surface area (Å²) < 4.78 is 0. The summed E-state index contributed by atoms with van der Waals surface area (Å²) in [7, 11) is 0. The van der Waals surface area contributed by atoms with E-state index in [4.69, 9.17) is 0 Å². The van der Waals surface area contributed by atoms with Crippen molar-refractivity contribution in [2.24, 2.45) is 0 Å². The molecule has 0 radical (unpaired) electrons. The fourth-order valence-electron chi connectivity index (χ4n) is 2.46. The molecule has 2 rings (SSSR count). The van der Waals surface area contributed by atoms with Crippen molar-refractivity contribution in [1.82, 2.24) is 20.1 Å². The number of rotatable bonds is 4. The van der Waals surface area contributed by atoms with Gasteiger partial charge in [0.05, 0.1) is 0 Å². The standard InChI is InChI=1S/C12H20N4O/c1-3-10-13-11(15-14-10)12(17)16(4-2)9-7-5-6-8-9/h9H,3-8H2,1-2H3,(H,13,14,15). The van der Waals surface area contributed by atoms with Gasteiger partial charge in [-0.1, -0.05) is 19.8 Å². The van der Waals surface area contributed by atoms with Crippen LogP contribution in [0.2, 0.25) is 0 Å². The average molecular weight is 236 g/mol. The van der Waals surface area contributed by atoms with E-state index in [1.807, 2.05) is 18.7 Å². The van der Waals surface area contributed by atoms with Crippen LogP contribution < -0.4 is 0 Å². The molecule has 17 heavy (non-hydrogen) atoms. The van der Waals surface area contributed by atoms with Crippen LogP contribution in [0.1, 0.15) is 56.0 Å². The number of H-pyrrole nitrogens is 1. The van der Waals surface area contributed by atoms with Crippen molar-refractivity contribution in [3.63, 3.8) is 0 Å². The molecule has 5 nitrogen and oxygen atoms in total. The first-order chi connectivity index (χ1) is 8.26. The van der Waals surface area contributed by atoms with Gasteiger partial charge in [-0.25, -0.2) is 4.98 Å². The quantitative estimate of drug-likeness (QED) is 0.866. The number of aromatic amines is 1. The molecule has 0 aromatic carbocycles. The molecule has 1 amide bonds. The predicted molar refractivity (Wildman–Crippen MR) is 64.7 cm³/mol. The summed E-state index contributed by atoms with van der Waals surface area (Å²) in [4.78, 5) is 18.4. The van der Waals surface area contributed by atoms with Crippen LogP contribution in [-0.4, -0.2) is 38.6 Å². The SMILES string of the molecule is CCc1nc(C(=O)N(CC)C2CCCC2)n[nH]1. The summed E-state index contributed by atoms with van der Waals surface area (Å²) in [6.45, 7) is 4.74. The smallest absolute Gasteiger partial charge is 0.293 e. The van der Waals surface area contributed by atoms with E-state index in [9.17, 15) is 4.79 Å². The lowest BCUT2D eigenvalue weighted by atomic mass is 10.2. The maximum Gasteiger partial charge on any atom is 0.293 e. The third kappa shape index (κ3) is 2.48. The zero-order valence-electron chi connectivity index (χ0n) is 10.6. The summed E-state index contributed by atoms with van der Waals surface area (Å²) in [5.74, 6) is 1.06. The summed E-state index contributed by atoms with van der Waals surface area (Å²) in [6.07, 6.45) is 5.45. The lowest BCUT2D eigenvalue weighted by Gasteiger charge is -2.26. The number of carbonyl (C=O) groups is 1. The summed E-state index contributed by atoms with van der Waals surface area (Å²) >= 11 is 0. The first-order valence-electron chi connectivity index (χ1n) is 6.48. The molecule has 1 heterocycles. The topological polar surface area (TPSA) is 61.9 Å². The molecule has 0 saturated heterocycles. The van der Waals surface area contributed by atoms with E-state index in [2.05, 4.69) is 15.2 Å². The number of nitrogens with one attached hydrogen (secondary N) is 1. The Bertz CT molecular complexity index is 382. The van der Waals surface area contributed by atoms with Crippen molar-refractivity contribution in [2.45, 2.75) is 52.0 Å². The third-order valence-corrected chi connectivity index (χ3v) is 3.42. The highest BCUT2D eigenvalue weighted by Crippen LogP contribution is 2.24. The van der Waals surface area contributed by atoms with Crippen LogP contribution in [0, 0.1) is 0 Å². The van der Waals surface area contributed by atoms with Crippen LogP contribution in [0.25, 0.3) is 0 Å². The Morgan fingerprint density at radius 2 is 2.12 bits per heavy atom. The van der Waals surface area contributed by atoms with Crippen LogP contribution in [0.5, 0.6) is 0 Å².